The van der Waals surface area contributed by atoms with Crippen molar-refractivity contribution >= 4 is 22.9 Å². The number of likely N-dealkylation sites (tertiary alicyclic amines) is 1. The largest absolute Gasteiger partial charge is 0.323 e. The molecule has 2 N–H and O–H groups in total. The van der Waals surface area contributed by atoms with Crippen LogP contribution in [0.2, 0.25) is 0 Å². The minimum Gasteiger partial charge on any atom is -0.323 e. The molecule has 1 amide bonds. The normalized spacial score (nSPS) is 22.8. The predicted octanol–water partition coefficient (Wildman–Crippen LogP) is 3.13. The molecule has 0 spiro atoms. The highest BCUT2D eigenvalue weighted by Gasteiger charge is 2.33. The molecule has 2 aromatic rings. The highest BCUT2D eigenvalue weighted by Crippen LogP contribution is 2.30. The van der Waals surface area contributed by atoms with Gasteiger partial charge >= 0.3 is 0 Å². The quantitative estimate of drug-likeness (QED) is 0.893. The molecule has 24 heavy (non-hydrogen) atoms. The van der Waals surface area contributed by atoms with E-state index in [1.807, 2.05) is 5.38 Å². The minimum absolute atomic E-state index is 0.0750. The Labute approximate surface area is 145 Å². The highest BCUT2D eigenvalue weighted by molar-refractivity contribution is 7.13. The summed E-state index contributed by atoms with van der Waals surface area (Å²) in [5.74, 6) is 0.179. The van der Waals surface area contributed by atoms with Gasteiger partial charge in [-0.25, -0.2) is 4.98 Å². The van der Waals surface area contributed by atoms with E-state index in [2.05, 4.69) is 25.4 Å². The van der Waals surface area contributed by atoms with Crippen LogP contribution in [0.15, 0.2) is 17.8 Å². The SMILES string of the molecule is O=C(Nc1cn[nH]c1-c1nccs1)[C@H]1CCN(C2CCCCC2)C1. The summed E-state index contributed by atoms with van der Waals surface area (Å²) in [7, 11) is 0. The van der Waals surface area contributed by atoms with Crippen molar-refractivity contribution in [3.05, 3.63) is 17.8 Å². The molecule has 4 rings (SSSR count). The monoisotopic (exact) mass is 345 g/mol. The van der Waals surface area contributed by atoms with Crippen molar-refractivity contribution in [2.75, 3.05) is 18.4 Å². The Morgan fingerprint density at radius 1 is 1.29 bits per heavy atom. The van der Waals surface area contributed by atoms with Crippen molar-refractivity contribution in [3.63, 3.8) is 0 Å². The van der Waals surface area contributed by atoms with Crippen LogP contribution in [-0.4, -0.2) is 45.1 Å². The van der Waals surface area contributed by atoms with E-state index in [4.69, 9.17) is 0 Å². The Balaban J connectivity index is 1.38. The van der Waals surface area contributed by atoms with Crippen LogP contribution in [0.1, 0.15) is 38.5 Å². The molecule has 2 aromatic heterocycles. The fourth-order valence-corrected chi connectivity index (χ4v) is 4.55. The first-order valence-corrected chi connectivity index (χ1v) is 9.67. The summed E-state index contributed by atoms with van der Waals surface area (Å²) in [6.07, 6.45) is 11.0. The summed E-state index contributed by atoms with van der Waals surface area (Å²) in [6, 6.07) is 0.691. The van der Waals surface area contributed by atoms with Crippen LogP contribution in [0.5, 0.6) is 0 Å². The summed E-state index contributed by atoms with van der Waals surface area (Å²) in [4.78, 5) is 19.5. The van der Waals surface area contributed by atoms with E-state index >= 15 is 0 Å². The highest BCUT2D eigenvalue weighted by atomic mass is 32.1. The van der Waals surface area contributed by atoms with Gasteiger partial charge in [0.05, 0.1) is 17.8 Å². The van der Waals surface area contributed by atoms with Gasteiger partial charge in [-0.15, -0.1) is 11.3 Å². The molecule has 1 aliphatic heterocycles. The van der Waals surface area contributed by atoms with Gasteiger partial charge in [0.2, 0.25) is 5.91 Å². The van der Waals surface area contributed by atoms with Crippen molar-refractivity contribution in [3.8, 4) is 10.7 Å². The molecular formula is C17H23N5OS. The second-order valence-electron chi connectivity index (χ2n) is 6.76. The standard InChI is InChI=1S/C17H23N5OS/c23-16(12-6-8-22(11-12)13-4-2-1-3-5-13)20-14-10-19-21-15(14)17-18-7-9-24-17/h7,9-10,12-13H,1-6,8,11H2,(H,19,21)(H,20,23)/t12-/m0/s1. The second-order valence-corrected chi connectivity index (χ2v) is 7.65. The zero-order chi connectivity index (χ0) is 16.4. The molecule has 7 heteroatoms. The van der Waals surface area contributed by atoms with Gasteiger partial charge in [-0.2, -0.15) is 5.10 Å². The topological polar surface area (TPSA) is 73.9 Å². The van der Waals surface area contributed by atoms with Gasteiger partial charge < -0.3 is 5.32 Å². The fourth-order valence-electron chi connectivity index (χ4n) is 3.90. The molecule has 3 heterocycles. The number of anilines is 1. The molecule has 0 radical (unpaired) electrons. The van der Waals surface area contributed by atoms with E-state index in [0.717, 1.165) is 35.9 Å². The summed E-state index contributed by atoms with van der Waals surface area (Å²) in [5, 5.41) is 12.8. The Morgan fingerprint density at radius 3 is 2.96 bits per heavy atom. The van der Waals surface area contributed by atoms with Gasteiger partial charge in [-0.3, -0.25) is 14.8 Å². The van der Waals surface area contributed by atoms with E-state index in [9.17, 15) is 4.79 Å². The van der Waals surface area contributed by atoms with Crippen LogP contribution in [0, 0.1) is 5.92 Å². The zero-order valence-corrected chi connectivity index (χ0v) is 14.5. The van der Waals surface area contributed by atoms with Crippen LogP contribution in [0.25, 0.3) is 10.7 Å². The number of aromatic nitrogens is 3. The van der Waals surface area contributed by atoms with E-state index in [1.54, 1.807) is 12.4 Å². The lowest BCUT2D eigenvalue weighted by molar-refractivity contribution is -0.119. The van der Waals surface area contributed by atoms with Crippen LogP contribution >= 0.6 is 11.3 Å². The van der Waals surface area contributed by atoms with Crippen molar-refractivity contribution in [2.45, 2.75) is 44.6 Å². The number of H-pyrrole nitrogens is 1. The van der Waals surface area contributed by atoms with Gasteiger partial charge in [0.25, 0.3) is 0 Å². The summed E-state index contributed by atoms with van der Waals surface area (Å²) in [5.41, 5.74) is 1.52. The third-order valence-corrected chi connectivity index (χ3v) is 6.02. The van der Waals surface area contributed by atoms with Crippen LogP contribution < -0.4 is 5.32 Å². The van der Waals surface area contributed by atoms with Gasteiger partial charge in [0, 0.05) is 24.2 Å². The smallest absolute Gasteiger partial charge is 0.228 e. The fraction of sp³-hybridized carbons (Fsp3) is 0.588. The molecule has 2 fully saturated rings. The number of rotatable bonds is 4. The maximum absolute atomic E-state index is 12.7. The summed E-state index contributed by atoms with van der Waals surface area (Å²) >= 11 is 1.53. The maximum atomic E-state index is 12.7. The first kappa shape index (κ1) is 15.8. The molecule has 2 aliphatic rings. The van der Waals surface area contributed by atoms with E-state index in [-0.39, 0.29) is 11.8 Å². The van der Waals surface area contributed by atoms with Crippen LogP contribution in [-0.2, 0) is 4.79 Å². The Kier molecular flexibility index (Phi) is 4.62. The number of aromatic amines is 1. The van der Waals surface area contributed by atoms with Crippen molar-refractivity contribution < 1.29 is 4.79 Å². The van der Waals surface area contributed by atoms with Crippen molar-refractivity contribution in [2.24, 2.45) is 5.92 Å². The number of nitrogens with one attached hydrogen (secondary N) is 2. The first-order chi connectivity index (χ1) is 11.8. The molecule has 0 bridgehead atoms. The number of carbonyl (C=O) groups excluding carboxylic acids is 1. The molecule has 1 saturated heterocycles. The third kappa shape index (κ3) is 3.23. The summed E-state index contributed by atoms with van der Waals surface area (Å²) < 4.78 is 0. The number of nitrogens with zero attached hydrogens (tertiary/aromatic N) is 3. The van der Waals surface area contributed by atoms with Gasteiger partial charge in [0.1, 0.15) is 10.7 Å². The molecule has 0 aromatic carbocycles. The minimum atomic E-state index is 0.0750. The Hall–Kier alpha value is -1.73. The molecule has 1 atom stereocenters. The third-order valence-electron chi connectivity index (χ3n) is 5.22. The molecular weight excluding hydrogens is 322 g/mol. The lowest BCUT2D eigenvalue weighted by Crippen LogP contribution is -2.36. The molecule has 1 aliphatic carbocycles. The lowest BCUT2D eigenvalue weighted by Gasteiger charge is -2.30. The number of hydrogen-bond acceptors (Lipinski definition) is 5. The molecule has 1 saturated carbocycles. The van der Waals surface area contributed by atoms with Crippen LogP contribution in [0.3, 0.4) is 0 Å². The second kappa shape index (κ2) is 7.03. The Bertz CT molecular complexity index is 677. The first-order valence-electron chi connectivity index (χ1n) is 8.79. The van der Waals surface area contributed by atoms with Gasteiger partial charge in [0.15, 0.2) is 0 Å². The lowest BCUT2D eigenvalue weighted by atomic mass is 9.94. The van der Waals surface area contributed by atoms with E-state index in [1.165, 1.54) is 43.4 Å². The van der Waals surface area contributed by atoms with Gasteiger partial charge in [-0.1, -0.05) is 19.3 Å². The van der Waals surface area contributed by atoms with Gasteiger partial charge in [-0.05, 0) is 25.8 Å². The van der Waals surface area contributed by atoms with E-state index < -0.39 is 0 Å². The zero-order valence-electron chi connectivity index (χ0n) is 13.7. The van der Waals surface area contributed by atoms with E-state index in [0.29, 0.717) is 6.04 Å². The van der Waals surface area contributed by atoms with Crippen molar-refractivity contribution in [1.29, 1.82) is 0 Å². The molecule has 128 valence electrons. The van der Waals surface area contributed by atoms with Crippen LogP contribution in [0.4, 0.5) is 5.69 Å². The molecule has 6 nitrogen and oxygen atoms in total. The molecule has 0 unspecified atom stereocenters. The number of hydrogen-bond donors (Lipinski definition) is 2. The van der Waals surface area contributed by atoms with Crippen molar-refractivity contribution in [1.82, 2.24) is 20.1 Å². The summed E-state index contributed by atoms with van der Waals surface area (Å²) in [6.45, 7) is 1.94. The average molecular weight is 345 g/mol. The average Bonchev–Trinajstić information content (AvgIpc) is 3.36. The predicted molar refractivity (Wildman–Crippen MR) is 94.9 cm³/mol. The number of thiazole rings is 1. The number of carbonyl (C=O) groups is 1. The maximum Gasteiger partial charge on any atom is 0.228 e. The number of amides is 1. The Morgan fingerprint density at radius 2 is 2.17 bits per heavy atom.